The Labute approximate surface area is 147 Å². The van der Waals surface area contributed by atoms with Crippen molar-refractivity contribution in [3.05, 3.63) is 34.2 Å². The molecular formula is C16H17IN6. The third kappa shape index (κ3) is 3.24. The molecule has 3 aromatic rings. The minimum Gasteiger partial charge on any atom is -0.366 e. The van der Waals surface area contributed by atoms with Gasteiger partial charge in [0.1, 0.15) is 11.6 Å². The smallest absolute Gasteiger partial charge is 0.230 e. The maximum Gasteiger partial charge on any atom is 0.230 e. The number of nitrogens with zero attached hydrogens (tertiary/aromatic N) is 3. The fourth-order valence-electron chi connectivity index (χ4n) is 2.91. The topological polar surface area (TPSA) is 78.5 Å². The van der Waals surface area contributed by atoms with Crippen molar-refractivity contribution in [2.45, 2.75) is 31.7 Å². The first-order valence-electron chi connectivity index (χ1n) is 7.78. The highest BCUT2D eigenvalue weighted by atomic mass is 127. The molecule has 7 heteroatoms. The van der Waals surface area contributed by atoms with Crippen molar-refractivity contribution in [3.63, 3.8) is 0 Å². The van der Waals surface area contributed by atoms with E-state index in [1.54, 1.807) is 0 Å². The van der Waals surface area contributed by atoms with Crippen LogP contribution in [0.3, 0.4) is 0 Å². The largest absolute Gasteiger partial charge is 0.366 e. The Balaban J connectivity index is 1.55. The van der Waals surface area contributed by atoms with Gasteiger partial charge in [-0.15, -0.1) is 0 Å². The number of fused-ring (bicyclic) bond motifs is 1. The quantitative estimate of drug-likeness (QED) is 0.555. The molecule has 3 N–H and O–H groups in total. The number of H-pyrrole nitrogens is 1. The lowest BCUT2D eigenvalue weighted by molar-refractivity contribution is 0.749. The second kappa shape index (κ2) is 6.31. The van der Waals surface area contributed by atoms with E-state index in [0.29, 0.717) is 12.0 Å². The lowest BCUT2D eigenvalue weighted by Gasteiger charge is -2.14. The molecule has 3 aromatic heterocycles. The second-order valence-corrected chi connectivity index (χ2v) is 6.91. The standard InChI is InChI=1S/C16H17IN6/c17-11-9-19-16(23-15(11)20-10-3-1-2-4-10)22-14-6-5-12-13(21-14)7-8-18-12/h5-10,18H,1-4H2,(H2,19,20,21,22,23). The van der Waals surface area contributed by atoms with Crippen molar-refractivity contribution in [2.75, 3.05) is 10.6 Å². The van der Waals surface area contributed by atoms with Crippen LogP contribution in [-0.2, 0) is 0 Å². The molecule has 1 fully saturated rings. The van der Waals surface area contributed by atoms with Gasteiger partial charge in [-0.25, -0.2) is 9.97 Å². The van der Waals surface area contributed by atoms with Gasteiger partial charge >= 0.3 is 0 Å². The Morgan fingerprint density at radius 1 is 1.13 bits per heavy atom. The number of aromatic amines is 1. The average molecular weight is 420 g/mol. The van der Waals surface area contributed by atoms with Gasteiger partial charge in [0, 0.05) is 18.4 Å². The summed E-state index contributed by atoms with van der Waals surface area (Å²) in [6.45, 7) is 0. The van der Waals surface area contributed by atoms with Gasteiger partial charge in [-0.1, -0.05) is 12.8 Å². The molecule has 0 aromatic carbocycles. The SMILES string of the molecule is Ic1cnc(Nc2ccc3[nH]ccc3n2)nc1NC1CCCC1. The number of halogens is 1. The van der Waals surface area contributed by atoms with Gasteiger partial charge in [0.15, 0.2) is 0 Å². The van der Waals surface area contributed by atoms with Crippen LogP contribution >= 0.6 is 22.6 Å². The average Bonchev–Trinajstić information content (AvgIpc) is 3.21. The molecule has 1 aliphatic carbocycles. The summed E-state index contributed by atoms with van der Waals surface area (Å²) in [7, 11) is 0. The first-order chi connectivity index (χ1) is 11.3. The number of anilines is 3. The molecule has 3 heterocycles. The van der Waals surface area contributed by atoms with Crippen molar-refractivity contribution in [1.82, 2.24) is 19.9 Å². The lowest BCUT2D eigenvalue weighted by Crippen LogP contribution is -2.17. The fourth-order valence-corrected chi connectivity index (χ4v) is 3.33. The zero-order valence-corrected chi connectivity index (χ0v) is 14.7. The molecule has 0 unspecified atom stereocenters. The van der Waals surface area contributed by atoms with Gasteiger partial charge < -0.3 is 15.6 Å². The van der Waals surface area contributed by atoms with Crippen LogP contribution in [-0.4, -0.2) is 26.0 Å². The predicted octanol–water partition coefficient (Wildman–Crippen LogP) is 4.06. The molecule has 0 spiro atoms. The van der Waals surface area contributed by atoms with Crippen molar-refractivity contribution in [1.29, 1.82) is 0 Å². The zero-order valence-electron chi connectivity index (χ0n) is 12.5. The van der Waals surface area contributed by atoms with E-state index in [9.17, 15) is 0 Å². The molecule has 118 valence electrons. The number of pyridine rings is 1. The van der Waals surface area contributed by atoms with Crippen LogP contribution < -0.4 is 10.6 Å². The maximum absolute atomic E-state index is 4.61. The first-order valence-corrected chi connectivity index (χ1v) is 8.86. The van der Waals surface area contributed by atoms with Crippen molar-refractivity contribution < 1.29 is 0 Å². The minimum atomic E-state index is 0.528. The van der Waals surface area contributed by atoms with E-state index in [-0.39, 0.29) is 0 Å². The molecular weight excluding hydrogens is 403 g/mol. The van der Waals surface area contributed by atoms with Crippen LogP contribution in [0.5, 0.6) is 0 Å². The fraction of sp³-hybridized carbons (Fsp3) is 0.312. The molecule has 0 radical (unpaired) electrons. The highest BCUT2D eigenvalue weighted by Gasteiger charge is 2.17. The summed E-state index contributed by atoms with van der Waals surface area (Å²) in [5.74, 6) is 2.20. The van der Waals surface area contributed by atoms with E-state index in [0.717, 1.165) is 26.2 Å². The van der Waals surface area contributed by atoms with Crippen LogP contribution in [0.15, 0.2) is 30.6 Å². The Morgan fingerprint density at radius 3 is 2.87 bits per heavy atom. The summed E-state index contributed by atoms with van der Waals surface area (Å²) in [5.41, 5.74) is 1.94. The van der Waals surface area contributed by atoms with Gasteiger partial charge in [0.2, 0.25) is 5.95 Å². The van der Waals surface area contributed by atoms with Gasteiger partial charge in [-0.3, -0.25) is 0 Å². The Bertz CT molecular complexity index is 824. The summed E-state index contributed by atoms with van der Waals surface area (Å²) in [4.78, 5) is 16.6. The molecule has 0 amide bonds. The van der Waals surface area contributed by atoms with Gasteiger partial charge in [0.05, 0.1) is 14.6 Å². The third-order valence-corrected chi connectivity index (χ3v) is 4.87. The van der Waals surface area contributed by atoms with Crippen LogP contribution in [0.1, 0.15) is 25.7 Å². The predicted molar refractivity (Wildman–Crippen MR) is 100 cm³/mol. The molecule has 4 rings (SSSR count). The van der Waals surface area contributed by atoms with Gasteiger partial charge in [-0.2, -0.15) is 4.98 Å². The summed E-state index contributed by atoms with van der Waals surface area (Å²) >= 11 is 2.27. The zero-order chi connectivity index (χ0) is 15.6. The van der Waals surface area contributed by atoms with Gasteiger partial charge in [-0.05, 0) is 53.6 Å². The van der Waals surface area contributed by atoms with Crippen molar-refractivity contribution >= 4 is 51.2 Å². The molecule has 0 saturated heterocycles. The Kier molecular flexibility index (Phi) is 4.02. The molecule has 0 bridgehead atoms. The van der Waals surface area contributed by atoms with Crippen LogP contribution in [0.2, 0.25) is 0 Å². The molecule has 1 aliphatic rings. The van der Waals surface area contributed by atoms with E-state index < -0.39 is 0 Å². The molecule has 1 saturated carbocycles. The highest BCUT2D eigenvalue weighted by Crippen LogP contribution is 2.25. The van der Waals surface area contributed by atoms with Crippen molar-refractivity contribution in [2.24, 2.45) is 0 Å². The molecule has 6 nitrogen and oxygen atoms in total. The number of nitrogens with one attached hydrogen (secondary N) is 3. The van der Waals surface area contributed by atoms with Gasteiger partial charge in [0.25, 0.3) is 0 Å². The lowest BCUT2D eigenvalue weighted by atomic mass is 10.2. The second-order valence-electron chi connectivity index (χ2n) is 5.75. The molecule has 0 aliphatic heterocycles. The molecule has 23 heavy (non-hydrogen) atoms. The Morgan fingerprint density at radius 2 is 2.00 bits per heavy atom. The van der Waals surface area contributed by atoms with Crippen LogP contribution in [0.25, 0.3) is 11.0 Å². The summed E-state index contributed by atoms with van der Waals surface area (Å²) in [6, 6.07) is 6.39. The number of aromatic nitrogens is 4. The van der Waals surface area contributed by atoms with Crippen LogP contribution in [0, 0.1) is 3.57 Å². The third-order valence-electron chi connectivity index (χ3n) is 4.08. The molecule has 0 atom stereocenters. The Hall–Kier alpha value is -1.90. The summed E-state index contributed by atoms with van der Waals surface area (Å²) in [6.07, 6.45) is 8.74. The minimum absolute atomic E-state index is 0.528. The van der Waals surface area contributed by atoms with E-state index in [1.807, 2.05) is 30.6 Å². The monoisotopic (exact) mass is 420 g/mol. The summed E-state index contributed by atoms with van der Waals surface area (Å²) < 4.78 is 1.04. The van der Waals surface area contributed by atoms with Crippen molar-refractivity contribution in [3.8, 4) is 0 Å². The number of hydrogen-bond donors (Lipinski definition) is 3. The summed E-state index contributed by atoms with van der Waals surface area (Å²) in [5, 5.41) is 6.72. The van der Waals surface area contributed by atoms with E-state index >= 15 is 0 Å². The number of rotatable bonds is 4. The number of hydrogen-bond acceptors (Lipinski definition) is 5. The van der Waals surface area contributed by atoms with E-state index in [1.165, 1.54) is 25.7 Å². The van der Waals surface area contributed by atoms with E-state index in [2.05, 4.69) is 53.2 Å². The normalized spacial score (nSPS) is 15.2. The van der Waals surface area contributed by atoms with Crippen LogP contribution in [0.4, 0.5) is 17.6 Å². The first kappa shape index (κ1) is 14.7. The highest BCUT2D eigenvalue weighted by molar-refractivity contribution is 14.1. The van der Waals surface area contributed by atoms with E-state index in [4.69, 9.17) is 0 Å². The maximum atomic E-state index is 4.61.